The summed E-state index contributed by atoms with van der Waals surface area (Å²) in [6.07, 6.45) is 0. The van der Waals surface area contributed by atoms with Gasteiger partial charge < -0.3 is 4.90 Å². The molecule has 18 heavy (non-hydrogen) atoms. The summed E-state index contributed by atoms with van der Waals surface area (Å²) < 4.78 is 0. The molecule has 6 heteroatoms. The van der Waals surface area contributed by atoms with E-state index in [0.717, 1.165) is 5.57 Å². The zero-order valence-corrected chi connectivity index (χ0v) is 10.9. The third kappa shape index (κ3) is 3.07. The molecule has 0 saturated heterocycles. The SMILES string of the molecule is C=C(C)CN(C)C(=O)c1cccc(Cl)c1[N+](=O)[O-]. The predicted octanol–water partition coefficient (Wildman–Crippen LogP) is 2.90. The molecule has 0 aliphatic carbocycles. The normalized spacial score (nSPS) is 9.94. The predicted molar refractivity (Wildman–Crippen MR) is 69.9 cm³/mol. The van der Waals surface area contributed by atoms with Gasteiger partial charge in [-0.3, -0.25) is 14.9 Å². The van der Waals surface area contributed by atoms with Gasteiger partial charge in [0, 0.05) is 13.6 Å². The highest BCUT2D eigenvalue weighted by Gasteiger charge is 2.25. The molecule has 0 unspecified atom stereocenters. The van der Waals surface area contributed by atoms with Crippen LogP contribution in [0.2, 0.25) is 5.02 Å². The Labute approximate surface area is 110 Å². The van der Waals surface area contributed by atoms with Crippen molar-refractivity contribution in [1.29, 1.82) is 0 Å². The minimum atomic E-state index is -0.649. The van der Waals surface area contributed by atoms with Crippen molar-refractivity contribution in [2.45, 2.75) is 6.92 Å². The molecular weight excluding hydrogens is 256 g/mol. The number of amides is 1. The Balaban J connectivity index is 3.17. The topological polar surface area (TPSA) is 63.5 Å². The van der Waals surface area contributed by atoms with Gasteiger partial charge in [0.15, 0.2) is 0 Å². The van der Waals surface area contributed by atoms with E-state index in [1.807, 2.05) is 0 Å². The molecule has 0 N–H and O–H groups in total. The van der Waals surface area contributed by atoms with E-state index in [9.17, 15) is 14.9 Å². The summed E-state index contributed by atoms with van der Waals surface area (Å²) in [7, 11) is 1.56. The molecule has 0 radical (unpaired) electrons. The van der Waals surface area contributed by atoms with E-state index in [2.05, 4.69) is 6.58 Å². The van der Waals surface area contributed by atoms with Crippen LogP contribution in [0.4, 0.5) is 5.69 Å². The lowest BCUT2D eigenvalue weighted by molar-refractivity contribution is -0.385. The number of nitrogens with zero attached hydrogens (tertiary/aromatic N) is 2. The third-order valence-electron chi connectivity index (χ3n) is 2.25. The van der Waals surface area contributed by atoms with Crippen LogP contribution in [0.5, 0.6) is 0 Å². The lowest BCUT2D eigenvalue weighted by atomic mass is 10.1. The van der Waals surface area contributed by atoms with Crippen LogP contribution in [-0.4, -0.2) is 29.3 Å². The minimum Gasteiger partial charge on any atom is -0.338 e. The molecule has 0 spiro atoms. The van der Waals surface area contributed by atoms with Crippen molar-refractivity contribution >= 4 is 23.2 Å². The Kier molecular flexibility index (Phi) is 4.44. The molecule has 1 rings (SSSR count). The Hall–Kier alpha value is -1.88. The zero-order chi connectivity index (χ0) is 13.9. The number of carbonyl (C=O) groups excluding carboxylic acids is 1. The van der Waals surface area contributed by atoms with Crippen molar-refractivity contribution in [3.05, 3.63) is 51.1 Å². The van der Waals surface area contributed by atoms with Gasteiger partial charge in [0.25, 0.3) is 5.91 Å². The fourth-order valence-electron chi connectivity index (χ4n) is 1.56. The van der Waals surface area contributed by atoms with Gasteiger partial charge >= 0.3 is 5.69 Å². The monoisotopic (exact) mass is 268 g/mol. The quantitative estimate of drug-likeness (QED) is 0.479. The van der Waals surface area contributed by atoms with E-state index in [4.69, 9.17) is 11.6 Å². The van der Waals surface area contributed by atoms with Crippen LogP contribution >= 0.6 is 11.6 Å². The maximum absolute atomic E-state index is 12.1. The van der Waals surface area contributed by atoms with Gasteiger partial charge in [-0.1, -0.05) is 29.8 Å². The molecule has 0 aliphatic heterocycles. The Morgan fingerprint density at radius 2 is 2.17 bits per heavy atom. The summed E-state index contributed by atoms with van der Waals surface area (Å²) in [6, 6.07) is 4.29. The smallest absolute Gasteiger partial charge is 0.300 e. The molecule has 0 bridgehead atoms. The van der Waals surface area contributed by atoms with Gasteiger partial charge in [-0.15, -0.1) is 0 Å². The Bertz CT molecular complexity index is 514. The molecule has 96 valence electrons. The number of halogens is 1. The molecular formula is C12H13ClN2O3. The second-order valence-corrected chi connectivity index (χ2v) is 4.42. The minimum absolute atomic E-state index is 0.0174. The number of benzene rings is 1. The molecule has 1 aromatic rings. The lowest BCUT2D eigenvalue weighted by Gasteiger charge is -2.17. The standard InChI is InChI=1S/C12H13ClN2O3/c1-8(2)7-14(3)12(16)9-5-4-6-10(13)11(9)15(17)18/h4-6H,1,7H2,2-3H3. The van der Waals surface area contributed by atoms with E-state index in [1.165, 1.54) is 23.1 Å². The first kappa shape index (κ1) is 14.2. The molecule has 0 heterocycles. The van der Waals surface area contributed by atoms with Gasteiger partial charge in [-0.25, -0.2) is 0 Å². The van der Waals surface area contributed by atoms with E-state index < -0.39 is 10.8 Å². The van der Waals surface area contributed by atoms with E-state index in [1.54, 1.807) is 14.0 Å². The number of hydrogen-bond acceptors (Lipinski definition) is 3. The fraction of sp³-hybridized carbons (Fsp3) is 0.250. The van der Waals surface area contributed by atoms with Crippen LogP contribution < -0.4 is 0 Å². The zero-order valence-electron chi connectivity index (χ0n) is 10.1. The fourth-order valence-corrected chi connectivity index (χ4v) is 1.80. The van der Waals surface area contributed by atoms with Crippen molar-refractivity contribution < 1.29 is 9.72 Å². The van der Waals surface area contributed by atoms with Crippen molar-refractivity contribution in [3.63, 3.8) is 0 Å². The van der Waals surface area contributed by atoms with Gasteiger partial charge in [0.1, 0.15) is 10.6 Å². The number of nitro benzene ring substituents is 1. The first-order chi connectivity index (χ1) is 8.34. The van der Waals surface area contributed by atoms with Crippen LogP contribution in [0.15, 0.2) is 30.4 Å². The highest BCUT2D eigenvalue weighted by molar-refractivity contribution is 6.33. The van der Waals surface area contributed by atoms with Crippen molar-refractivity contribution in [2.24, 2.45) is 0 Å². The first-order valence-electron chi connectivity index (χ1n) is 5.17. The molecule has 0 saturated carbocycles. The average molecular weight is 269 g/mol. The molecule has 1 amide bonds. The number of rotatable bonds is 4. The summed E-state index contributed by atoms with van der Waals surface area (Å²) in [5.41, 5.74) is 0.407. The van der Waals surface area contributed by atoms with Crippen molar-refractivity contribution in [2.75, 3.05) is 13.6 Å². The summed E-state index contributed by atoms with van der Waals surface area (Å²) in [4.78, 5) is 23.7. The van der Waals surface area contributed by atoms with Gasteiger partial charge in [-0.2, -0.15) is 0 Å². The lowest BCUT2D eigenvalue weighted by Crippen LogP contribution is -2.28. The first-order valence-corrected chi connectivity index (χ1v) is 5.55. The molecule has 0 fully saturated rings. The number of carbonyl (C=O) groups is 1. The summed E-state index contributed by atoms with van der Waals surface area (Å²) in [5, 5.41) is 10.9. The Morgan fingerprint density at radius 3 is 2.67 bits per heavy atom. The van der Waals surface area contributed by atoms with E-state index in [-0.39, 0.29) is 16.3 Å². The van der Waals surface area contributed by atoms with Crippen molar-refractivity contribution in [3.8, 4) is 0 Å². The van der Waals surface area contributed by atoms with E-state index >= 15 is 0 Å². The van der Waals surface area contributed by atoms with Gasteiger partial charge in [0.2, 0.25) is 0 Å². The van der Waals surface area contributed by atoms with Crippen LogP contribution in [0.3, 0.4) is 0 Å². The van der Waals surface area contributed by atoms with Gasteiger partial charge in [0.05, 0.1) is 4.92 Å². The highest BCUT2D eigenvalue weighted by Crippen LogP contribution is 2.28. The molecule has 0 atom stereocenters. The largest absolute Gasteiger partial charge is 0.338 e. The molecule has 0 aromatic heterocycles. The summed E-state index contributed by atoms with van der Waals surface area (Å²) >= 11 is 5.75. The van der Waals surface area contributed by atoms with Gasteiger partial charge in [-0.05, 0) is 19.1 Å². The van der Waals surface area contributed by atoms with Crippen LogP contribution in [-0.2, 0) is 0 Å². The maximum Gasteiger partial charge on any atom is 0.300 e. The van der Waals surface area contributed by atoms with Crippen LogP contribution in [0.1, 0.15) is 17.3 Å². The van der Waals surface area contributed by atoms with E-state index in [0.29, 0.717) is 6.54 Å². The number of likely N-dealkylation sites (N-methyl/N-ethyl adjacent to an activating group) is 1. The highest BCUT2D eigenvalue weighted by atomic mass is 35.5. The van der Waals surface area contributed by atoms with Crippen molar-refractivity contribution in [1.82, 2.24) is 4.90 Å². The third-order valence-corrected chi connectivity index (χ3v) is 2.56. The number of hydrogen-bond donors (Lipinski definition) is 0. The molecule has 5 nitrogen and oxygen atoms in total. The summed E-state index contributed by atoms with van der Waals surface area (Å²) in [6.45, 7) is 5.80. The second-order valence-electron chi connectivity index (χ2n) is 4.01. The Morgan fingerprint density at radius 1 is 1.56 bits per heavy atom. The average Bonchev–Trinajstić information content (AvgIpc) is 2.26. The molecule has 0 aliphatic rings. The number of para-hydroxylation sites is 1. The number of nitro groups is 1. The van der Waals surface area contributed by atoms with Crippen LogP contribution in [0, 0.1) is 10.1 Å². The second kappa shape index (κ2) is 5.64. The van der Waals surface area contributed by atoms with Crippen LogP contribution in [0.25, 0.3) is 0 Å². The molecule has 1 aromatic carbocycles. The summed E-state index contributed by atoms with van der Waals surface area (Å²) in [5.74, 6) is -0.452. The maximum atomic E-state index is 12.1.